The molecule has 17 heavy (non-hydrogen) atoms. The number of hydrogen-bond acceptors (Lipinski definition) is 4. The summed E-state index contributed by atoms with van der Waals surface area (Å²) in [6.45, 7) is 0. The molecule has 6 heteroatoms. The Balaban J connectivity index is 2.09. The molecule has 1 atom stereocenters. The molecule has 2 heterocycles. The van der Waals surface area contributed by atoms with E-state index < -0.39 is 0 Å². The molecular formula is C11H10ClIN2OS. The fourth-order valence-corrected chi connectivity index (χ4v) is 3.17. The molecule has 0 N–H and O–H groups in total. The van der Waals surface area contributed by atoms with Gasteiger partial charge in [0.1, 0.15) is 6.33 Å². The average molecular weight is 381 g/mol. The third-order valence-corrected chi connectivity index (χ3v) is 4.46. The van der Waals surface area contributed by atoms with Crippen molar-refractivity contribution in [2.45, 2.75) is 11.8 Å². The minimum Gasteiger partial charge on any atom is -0.481 e. The summed E-state index contributed by atoms with van der Waals surface area (Å²) in [4.78, 5) is 8.15. The van der Waals surface area contributed by atoms with Crippen molar-refractivity contribution in [3.05, 3.63) is 38.0 Å². The van der Waals surface area contributed by atoms with E-state index in [0.29, 0.717) is 12.3 Å². The first kappa shape index (κ1) is 13.0. The van der Waals surface area contributed by atoms with Crippen LogP contribution < -0.4 is 4.74 Å². The molecule has 3 nitrogen and oxygen atoms in total. The topological polar surface area (TPSA) is 35.0 Å². The summed E-state index contributed by atoms with van der Waals surface area (Å²) in [5.74, 6) is 0.568. The van der Waals surface area contributed by atoms with Crippen LogP contribution in [0.2, 0.25) is 0 Å². The number of thiophene rings is 1. The van der Waals surface area contributed by atoms with Gasteiger partial charge in [-0.15, -0.1) is 22.9 Å². The average Bonchev–Trinajstić information content (AvgIpc) is 2.76. The first-order valence-electron chi connectivity index (χ1n) is 4.92. The van der Waals surface area contributed by atoms with Crippen molar-refractivity contribution < 1.29 is 4.74 Å². The van der Waals surface area contributed by atoms with Gasteiger partial charge in [0, 0.05) is 18.2 Å². The molecule has 0 aliphatic heterocycles. The van der Waals surface area contributed by atoms with Gasteiger partial charge < -0.3 is 4.74 Å². The largest absolute Gasteiger partial charge is 0.481 e. The van der Waals surface area contributed by atoms with Crippen LogP contribution in [-0.2, 0) is 6.42 Å². The zero-order valence-corrected chi connectivity index (χ0v) is 12.8. The van der Waals surface area contributed by atoms with Crippen LogP contribution in [0.3, 0.4) is 0 Å². The molecule has 2 aromatic rings. The van der Waals surface area contributed by atoms with Gasteiger partial charge in [0.05, 0.1) is 15.4 Å². The van der Waals surface area contributed by atoms with Gasteiger partial charge in [-0.25, -0.2) is 9.97 Å². The lowest BCUT2D eigenvalue weighted by atomic mass is 10.1. The highest BCUT2D eigenvalue weighted by atomic mass is 127. The molecule has 0 saturated heterocycles. The van der Waals surface area contributed by atoms with E-state index in [9.17, 15) is 0 Å². The Morgan fingerprint density at radius 1 is 1.47 bits per heavy atom. The lowest BCUT2D eigenvalue weighted by molar-refractivity contribution is 0.396. The highest BCUT2D eigenvalue weighted by Crippen LogP contribution is 2.29. The Hall–Kier alpha value is -0.400. The van der Waals surface area contributed by atoms with Crippen molar-refractivity contribution in [3.8, 4) is 5.88 Å². The Kier molecular flexibility index (Phi) is 4.58. The maximum absolute atomic E-state index is 6.35. The van der Waals surface area contributed by atoms with Crippen LogP contribution in [0.25, 0.3) is 0 Å². The van der Waals surface area contributed by atoms with Crippen LogP contribution in [0.5, 0.6) is 5.88 Å². The van der Waals surface area contributed by atoms with E-state index in [-0.39, 0.29) is 5.38 Å². The highest BCUT2D eigenvalue weighted by Gasteiger charge is 2.12. The summed E-state index contributed by atoms with van der Waals surface area (Å²) in [6.07, 6.45) is 2.17. The van der Waals surface area contributed by atoms with Crippen LogP contribution in [0.4, 0.5) is 0 Å². The molecule has 0 saturated carbocycles. The maximum Gasteiger partial charge on any atom is 0.216 e. The van der Waals surface area contributed by atoms with E-state index in [1.54, 1.807) is 18.4 Å². The van der Waals surface area contributed by atoms with Gasteiger partial charge in [-0.3, -0.25) is 0 Å². The Bertz CT molecular complexity index is 506. The molecule has 0 radical (unpaired) electrons. The van der Waals surface area contributed by atoms with Gasteiger partial charge in [0.25, 0.3) is 0 Å². The zero-order valence-electron chi connectivity index (χ0n) is 9.06. The summed E-state index contributed by atoms with van der Waals surface area (Å²) in [7, 11) is 1.59. The second-order valence-corrected chi connectivity index (χ2v) is 6.74. The number of ether oxygens (including phenoxy) is 1. The van der Waals surface area contributed by atoms with Crippen molar-refractivity contribution >= 4 is 45.5 Å². The molecule has 2 rings (SSSR count). The fraction of sp³-hybridized carbons (Fsp3) is 0.273. The van der Waals surface area contributed by atoms with E-state index in [2.05, 4.69) is 44.0 Å². The van der Waals surface area contributed by atoms with E-state index >= 15 is 0 Å². The van der Waals surface area contributed by atoms with Crippen LogP contribution in [0.15, 0.2) is 23.8 Å². The molecule has 2 aromatic heterocycles. The maximum atomic E-state index is 6.35. The minimum absolute atomic E-state index is 0.0608. The van der Waals surface area contributed by atoms with Gasteiger partial charge in [0.15, 0.2) is 0 Å². The van der Waals surface area contributed by atoms with E-state index in [4.69, 9.17) is 16.3 Å². The fourth-order valence-electron chi connectivity index (χ4n) is 1.39. The molecule has 0 aromatic carbocycles. The SMILES string of the molecule is COc1cc(CC(Cl)c2csc(I)c2)ncn1. The van der Waals surface area contributed by atoms with Crippen molar-refractivity contribution in [2.24, 2.45) is 0 Å². The number of methoxy groups -OCH3 is 1. The number of alkyl halides is 1. The Morgan fingerprint density at radius 2 is 2.29 bits per heavy atom. The van der Waals surface area contributed by atoms with Crippen molar-refractivity contribution in [2.75, 3.05) is 7.11 Å². The third-order valence-electron chi connectivity index (χ3n) is 2.25. The minimum atomic E-state index is -0.0608. The zero-order chi connectivity index (χ0) is 12.3. The lowest BCUT2D eigenvalue weighted by Gasteiger charge is -2.07. The number of aromatic nitrogens is 2. The summed E-state index contributed by atoms with van der Waals surface area (Å²) in [5.41, 5.74) is 2.02. The standard InChI is InChI=1S/C11H10ClIN2OS/c1-16-11-4-8(14-6-15-11)3-9(12)7-2-10(13)17-5-7/h2,4-6,9H,3H2,1H3. The van der Waals surface area contributed by atoms with Crippen molar-refractivity contribution in [3.63, 3.8) is 0 Å². The summed E-state index contributed by atoms with van der Waals surface area (Å²) in [5, 5.41) is 2.02. The van der Waals surface area contributed by atoms with Gasteiger partial charge in [-0.2, -0.15) is 0 Å². The quantitative estimate of drug-likeness (QED) is 0.599. The molecule has 90 valence electrons. The highest BCUT2D eigenvalue weighted by molar-refractivity contribution is 14.1. The normalized spacial score (nSPS) is 12.4. The molecule has 0 aliphatic rings. The van der Waals surface area contributed by atoms with Gasteiger partial charge in [0.2, 0.25) is 5.88 Å². The molecule has 0 fully saturated rings. The number of hydrogen-bond donors (Lipinski definition) is 0. The second-order valence-electron chi connectivity index (χ2n) is 3.41. The van der Waals surface area contributed by atoms with Gasteiger partial charge >= 0.3 is 0 Å². The molecular weight excluding hydrogens is 371 g/mol. The Morgan fingerprint density at radius 3 is 2.94 bits per heavy atom. The summed E-state index contributed by atoms with van der Waals surface area (Å²) in [6, 6.07) is 3.91. The van der Waals surface area contributed by atoms with E-state index in [1.165, 1.54) is 9.21 Å². The van der Waals surface area contributed by atoms with E-state index in [1.807, 2.05) is 6.07 Å². The molecule has 0 spiro atoms. The molecule has 0 aliphatic carbocycles. The van der Waals surface area contributed by atoms with Gasteiger partial charge in [-0.05, 0) is 39.6 Å². The van der Waals surface area contributed by atoms with Crippen molar-refractivity contribution in [1.29, 1.82) is 0 Å². The number of rotatable bonds is 4. The van der Waals surface area contributed by atoms with E-state index in [0.717, 1.165) is 11.3 Å². The third kappa shape index (κ3) is 3.53. The lowest BCUT2D eigenvalue weighted by Crippen LogP contribution is -1.99. The Labute approximate surface area is 122 Å². The van der Waals surface area contributed by atoms with Crippen LogP contribution in [0.1, 0.15) is 16.6 Å². The predicted octanol–water partition coefficient (Wildman–Crippen LogP) is 3.67. The van der Waals surface area contributed by atoms with Crippen LogP contribution in [-0.4, -0.2) is 17.1 Å². The van der Waals surface area contributed by atoms with Crippen LogP contribution >= 0.6 is 45.5 Å². The first-order valence-corrected chi connectivity index (χ1v) is 7.31. The predicted molar refractivity (Wildman–Crippen MR) is 77.9 cm³/mol. The first-order chi connectivity index (χ1) is 8.19. The van der Waals surface area contributed by atoms with Crippen LogP contribution in [0, 0.1) is 2.88 Å². The molecule has 0 amide bonds. The van der Waals surface area contributed by atoms with Gasteiger partial charge in [-0.1, -0.05) is 0 Å². The second kappa shape index (κ2) is 5.97. The monoisotopic (exact) mass is 380 g/mol. The summed E-state index contributed by atoms with van der Waals surface area (Å²) >= 11 is 10.3. The summed E-state index contributed by atoms with van der Waals surface area (Å²) < 4.78 is 6.29. The smallest absolute Gasteiger partial charge is 0.216 e. The molecule has 0 bridgehead atoms. The van der Waals surface area contributed by atoms with Crippen molar-refractivity contribution in [1.82, 2.24) is 9.97 Å². The molecule has 1 unspecified atom stereocenters. The number of halogens is 2. The number of nitrogens with zero attached hydrogens (tertiary/aromatic N) is 2.